The number of aromatic nitrogens is 1. The maximum atomic E-state index is 13.8. The third-order valence-corrected chi connectivity index (χ3v) is 5.48. The Balaban J connectivity index is 1.38. The monoisotopic (exact) mass is 355 g/mol. The zero-order valence-corrected chi connectivity index (χ0v) is 14.4. The van der Waals surface area contributed by atoms with Crippen LogP contribution < -0.4 is 5.32 Å². The van der Waals surface area contributed by atoms with Gasteiger partial charge in [0.05, 0.1) is 15.8 Å². The van der Waals surface area contributed by atoms with Crippen LogP contribution in [0.5, 0.6) is 0 Å². The van der Waals surface area contributed by atoms with E-state index in [1.54, 1.807) is 34.4 Å². The van der Waals surface area contributed by atoms with E-state index >= 15 is 0 Å². The van der Waals surface area contributed by atoms with Crippen molar-refractivity contribution in [3.63, 3.8) is 0 Å². The Labute approximate surface area is 149 Å². The number of anilines is 1. The lowest BCUT2D eigenvalue weighted by Gasteiger charge is -2.32. The van der Waals surface area contributed by atoms with E-state index in [9.17, 15) is 9.18 Å². The van der Waals surface area contributed by atoms with Gasteiger partial charge in [0.1, 0.15) is 5.82 Å². The molecule has 1 aliphatic rings. The summed E-state index contributed by atoms with van der Waals surface area (Å²) in [6.45, 7) is 1.24. The normalized spacial score (nSPS) is 15.5. The van der Waals surface area contributed by atoms with E-state index in [1.165, 1.54) is 6.07 Å². The van der Waals surface area contributed by atoms with Gasteiger partial charge in [-0.05, 0) is 37.1 Å². The molecule has 0 bridgehead atoms. The predicted molar refractivity (Wildman–Crippen MR) is 98.6 cm³/mol. The molecule has 0 atom stereocenters. The van der Waals surface area contributed by atoms with Crippen molar-refractivity contribution < 1.29 is 9.18 Å². The van der Waals surface area contributed by atoms with Crippen molar-refractivity contribution in [2.24, 2.45) is 0 Å². The minimum absolute atomic E-state index is 0.153. The van der Waals surface area contributed by atoms with Crippen LogP contribution in [0.15, 0.2) is 48.5 Å². The van der Waals surface area contributed by atoms with Gasteiger partial charge in [0, 0.05) is 19.1 Å². The Morgan fingerprint density at radius 2 is 1.84 bits per heavy atom. The number of amides is 1. The Kier molecular flexibility index (Phi) is 4.36. The van der Waals surface area contributed by atoms with E-state index in [-0.39, 0.29) is 17.5 Å². The summed E-state index contributed by atoms with van der Waals surface area (Å²) in [5, 5.41) is 4.39. The average molecular weight is 355 g/mol. The van der Waals surface area contributed by atoms with Crippen LogP contribution in [-0.4, -0.2) is 34.9 Å². The van der Waals surface area contributed by atoms with Crippen LogP contribution in [-0.2, 0) is 0 Å². The number of thiazole rings is 1. The number of para-hydroxylation sites is 1. The number of hydrogen-bond donors (Lipinski definition) is 1. The first-order chi connectivity index (χ1) is 12.2. The first-order valence-corrected chi connectivity index (χ1v) is 9.18. The van der Waals surface area contributed by atoms with Gasteiger partial charge in [-0.25, -0.2) is 9.37 Å². The van der Waals surface area contributed by atoms with E-state index in [0.29, 0.717) is 13.1 Å². The van der Waals surface area contributed by atoms with Gasteiger partial charge in [0.15, 0.2) is 5.13 Å². The Morgan fingerprint density at radius 3 is 2.60 bits per heavy atom. The number of carbonyl (C=O) groups excluding carboxylic acids is 1. The van der Waals surface area contributed by atoms with Gasteiger partial charge in [0.25, 0.3) is 5.91 Å². The molecule has 1 aliphatic heterocycles. The van der Waals surface area contributed by atoms with Crippen LogP contribution >= 0.6 is 11.3 Å². The van der Waals surface area contributed by atoms with E-state index in [0.717, 1.165) is 28.2 Å². The van der Waals surface area contributed by atoms with E-state index in [2.05, 4.69) is 16.4 Å². The molecule has 2 aromatic carbocycles. The topological polar surface area (TPSA) is 45.2 Å². The van der Waals surface area contributed by atoms with Gasteiger partial charge in [-0.1, -0.05) is 35.6 Å². The van der Waals surface area contributed by atoms with Gasteiger partial charge in [-0.3, -0.25) is 4.79 Å². The molecular weight excluding hydrogens is 337 g/mol. The number of piperidine rings is 1. The maximum absolute atomic E-state index is 13.8. The molecule has 1 aromatic heterocycles. The quantitative estimate of drug-likeness (QED) is 0.768. The fraction of sp³-hybridized carbons (Fsp3) is 0.263. The fourth-order valence-corrected chi connectivity index (χ4v) is 4.08. The fourth-order valence-electron chi connectivity index (χ4n) is 3.14. The van der Waals surface area contributed by atoms with Gasteiger partial charge in [-0.15, -0.1) is 0 Å². The minimum atomic E-state index is -0.456. The van der Waals surface area contributed by atoms with E-state index < -0.39 is 5.82 Å². The summed E-state index contributed by atoms with van der Waals surface area (Å²) in [4.78, 5) is 18.8. The zero-order chi connectivity index (χ0) is 17.2. The molecule has 0 unspecified atom stereocenters. The third-order valence-electron chi connectivity index (χ3n) is 4.51. The standard InChI is InChI=1S/C19H18FN3OS/c20-15-6-2-1-5-14(15)18(24)23-11-9-13(10-12-23)21-19-22-16-7-3-4-8-17(16)25-19/h1-8,13H,9-12H2,(H,21,22). The van der Waals surface area contributed by atoms with Gasteiger partial charge < -0.3 is 10.2 Å². The Hall–Kier alpha value is -2.47. The molecule has 1 saturated heterocycles. The highest BCUT2D eigenvalue weighted by Crippen LogP contribution is 2.27. The van der Waals surface area contributed by atoms with Crippen LogP contribution in [0.4, 0.5) is 9.52 Å². The predicted octanol–water partition coefficient (Wildman–Crippen LogP) is 4.15. The lowest BCUT2D eigenvalue weighted by molar-refractivity contribution is 0.0714. The summed E-state index contributed by atoms with van der Waals surface area (Å²) in [6.07, 6.45) is 1.66. The largest absolute Gasteiger partial charge is 0.359 e. The molecule has 0 saturated carbocycles. The molecule has 3 aromatic rings. The van der Waals surface area contributed by atoms with Crippen LogP contribution in [0.1, 0.15) is 23.2 Å². The van der Waals surface area contributed by atoms with E-state index in [1.807, 2.05) is 18.2 Å². The SMILES string of the molecule is O=C(c1ccccc1F)N1CCC(Nc2nc3ccccc3s2)CC1. The number of fused-ring (bicyclic) bond motifs is 1. The minimum Gasteiger partial charge on any atom is -0.359 e. The molecule has 1 fully saturated rings. The average Bonchev–Trinajstić information content (AvgIpc) is 3.04. The Morgan fingerprint density at radius 1 is 1.12 bits per heavy atom. The number of rotatable bonds is 3. The molecule has 0 radical (unpaired) electrons. The molecular formula is C19H18FN3OS. The second kappa shape index (κ2) is 6.80. The Bertz CT molecular complexity index is 869. The summed E-state index contributed by atoms with van der Waals surface area (Å²) in [5.74, 6) is -0.682. The highest BCUT2D eigenvalue weighted by Gasteiger charge is 2.25. The first-order valence-electron chi connectivity index (χ1n) is 8.36. The van der Waals surface area contributed by atoms with Gasteiger partial charge in [-0.2, -0.15) is 0 Å². The summed E-state index contributed by atoms with van der Waals surface area (Å²) >= 11 is 1.64. The smallest absolute Gasteiger partial charge is 0.256 e. The van der Waals surface area contributed by atoms with Crippen molar-refractivity contribution in [2.75, 3.05) is 18.4 Å². The molecule has 0 aliphatic carbocycles. The highest BCUT2D eigenvalue weighted by molar-refractivity contribution is 7.22. The van der Waals surface area contributed by atoms with Crippen LogP contribution in [0.3, 0.4) is 0 Å². The van der Waals surface area contributed by atoms with Crippen LogP contribution in [0.25, 0.3) is 10.2 Å². The van der Waals surface area contributed by atoms with Gasteiger partial charge in [0.2, 0.25) is 0 Å². The van der Waals surface area contributed by atoms with Crippen LogP contribution in [0.2, 0.25) is 0 Å². The number of carbonyl (C=O) groups is 1. The maximum Gasteiger partial charge on any atom is 0.256 e. The number of nitrogens with zero attached hydrogens (tertiary/aromatic N) is 2. The number of hydrogen-bond acceptors (Lipinski definition) is 4. The third kappa shape index (κ3) is 3.35. The van der Waals surface area contributed by atoms with Crippen molar-refractivity contribution >= 4 is 32.6 Å². The molecule has 128 valence electrons. The second-order valence-corrected chi connectivity index (χ2v) is 7.21. The lowest BCUT2D eigenvalue weighted by Crippen LogP contribution is -2.42. The summed E-state index contributed by atoms with van der Waals surface area (Å²) in [7, 11) is 0. The zero-order valence-electron chi connectivity index (χ0n) is 13.6. The van der Waals surface area contributed by atoms with Gasteiger partial charge >= 0.3 is 0 Å². The summed E-state index contributed by atoms with van der Waals surface area (Å²) in [6, 6.07) is 14.5. The van der Waals surface area contributed by atoms with Crippen molar-refractivity contribution in [3.05, 3.63) is 59.9 Å². The summed E-state index contributed by atoms with van der Waals surface area (Å²) < 4.78 is 15.0. The number of likely N-dealkylation sites (tertiary alicyclic amines) is 1. The lowest BCUT2D eigenvalue weighted by atomic mass is 10.0. The molecule has 1 amide bonds. The molecule has 0 spiro atoms. The number of nitrogens with one attached hydrogen (secondary N) is 1. The molecule has 6 heteroatoms. The molecule has 4 nitrogen and oxygen atoms in total. The van der Waals surface area contributed by atoms with Crippen molar-refractivity contribution in [2.45, 2.75) is 18.9 Å². The molecule has 1 N–H and O–H groups in total. The van der Waals surface area contributed by atoms with Crippen molar-refractivity contribution in [1.29, 1.82) is 0 Å². The molecule has 4 rings (SSSR count). The first kappa shape index (κ1) is 16.0. The van der Waals surface area contributed by atoms with Crippen molar-refractivity contribution in [3.8, 4) is 0 Å². The number of halogens is 1. The highest BCUT2D eigenvalue weighted by atomic mass is 32.1. The van der Waals surface area contributed by atoms with Crippen LogP contribution in [0, 0.1) is 5.82 Å². The molecule has 2 heterocycles. The van der Waals surface area contributed by atoms with Crippen molar-refractivity contribution in [1.82, 2.24) is 9.88 Å². The molecule has 25 heavy (non-hydrogen) atoms. The van der Waals surface area contributed by atoms with E-state index in [4.69, 9.17) is 0 Å². The summed E-state index contributed by atoms with van der Waals surface area (Å²) in [5.41, 5.74) is 1.15. The second-order valence-electron chi connectivity index (χ2n) is 6.18. The number of benzene rings is 2.